The first-order valence-electron chi connectivity index (χ1n) is 4.89. The first-order valence-corrected chi connectivity index (χ1v) is 6.74. The first kappa shape index (κ1) is 12.1. The predicted octanol–water partition coefficient (Wildman–Crippen LogP) is 0.0297. The molecule has 2 rings (SSSR count). The van der Waals surface area contributed by atoms with E-state index in [4.69, 9.17) is 0 Å². The summed E-state index contributed by atoms with van der Waals surface area (Å²) in [5.74, 6) is -0.665. The standard InChI is InChI=1S/C8H13F3N2O2S/c1-16(14,15)13-3-6-2-12-4-7(6,5-13)8(9,10)11/h6,12H,2-5H2,1H3. The summed E-state index contributed by atoms with van der Waals surface area (Å²) in [6.45, 7) is -0.447. The summed E-state index contributed by atoms with van der Waals surface area (Å²) >= 11 is 0. The average molecular weight is 258 g/mol. The van der Waals surface area contributed by atoms with Gasteiger partial charge in [0.15, 0.2) is 0 Å². The van der Waals surface area contributed by atoms with Crippen LogP contribution in [0.3, 0.4) is 0 Å². The minimum atomic E-state index is -4.36. The van der Waals surface area contributed by atoms with Gasteiger partial charge >= 0.3 is 6.18 Å². The van der Waals surface area contributed by atoms with Gasteiger partial charge in [-0.05, 0) is 0 Å². The van der Waals surface area contributed by atoms with Crippen LogP contribution >= 0.6 is 0 Å². The van der Waals surface area contributed by atoms with Gasteiger partial charge in [0.05, 0.1) is 11.7 Å². The van der Waals surface area contributed by atoms with E-state index in [1.54, 1.807) is 0 Å². The maximum atomic E-state index is 13.0. The van der Waals surface area contributed by atoms with Crippen LogP contribution in [0.4, 0.5) is 13.2 Å². The van der Waals surface area contributed by atoms with E-state index in [9.17, 15) is 21.6 Å². The lowest BCUT2D eigenvalue weighted by molar-refractivity contribution is -0.220. The lowest BCUT2D eigenvalue weighted by Gasteiger charge is -2.30. The van der Waals surface area contributed by atoms with E-state index in [2.05, 4.69) is 5.32 Å². The van der Waals surface area contributed by atoms with Crippen molar-refractivity contribution >= 4 is 10.0 Å². The third kappa shape index (κ3) is 1.63. The molecule has 2 aliphatic heterocycles. The second-order valence-electron chi connectivity index (χ2n) is 4.54. The Kier molecular flexibility index (Phi) is 2.52. The number of alkyl halides is 3. The van der Waals surface area contributed by atoms with Crippen molar-refractivity contribution in [2.24, 2.45) is 11.3 Å². The Hall–Kier alpha value is -0.340. The van der Waals surface area contributed by atoms with Gasteiger partial charge in [0, 0.05) is 32.1 Å². The SMILES string of the molecule is CS(=O)(=O)N1CC2CNCC2(C(F)(F)F)C1. The second kappa shape index (κ2) is 3.33. The van der Waals surface area contributed by atoms with E-state index in [1.165, 1.54) is 0 Å². The van der Waals surface area contributed by atoms with Crippen LogP contribution in [-0.2, 0) is 10.0 Å². The van der Waals surface area contributed by atoms with E-state index in [0.717, 1.165) is 10.6 Å². The fourth-order valence-electron chi connectivity index (χ4n) is 2.53. The van der Waals surface area contributed by atoms with E-state index < -0.39 is 34.1 Å². The molecule has 2 atom stereocenters. The summed E-state index contributed by atoms with van der Waals surface area (Å²) < 4.78 is 62.5. The van der Waals surface area contributed by atoms with Gasteiger partial charge in [-0.3, -0.25) is 0 Å². The molecule has 1 N–H and O–H groups in total. The lowest BCUT2D eigenvalue weighted by atomic mass is 9.80. The summed E-state index contributed by atoms with van der Waals surface area (Å²) in [5, 5.41) is 2.70. The lowest BCUT2D eigenvalue weighted by Crippen LogP contribution is -2.46. The highest BCUT2D eigenvalue weighted by atomic mass is 32.2. The van der Waals surface area contributed by atoms with Crippen LogP contribution in [0.2, 0.25) is 0 Å². The number of nitrogens with zero attached hydrogens (tertiary/aromatic N) is 1. The van der Waals surface area contributed by atoms with E-state index in [0.29, 0.717) is 0 Å². The van der Waals surface area contributed by atoms with Gasteiger partial charge in [-0.15, -0.1) is 0 Å². The zero-order valence-electron chi connectivity index (χ0n) is 8.71. The molecule has 8 heteroatoms. The molecule has 2 heterocycles. The summed E-state index contributed by atoms with van der Waals surface area (Å²) in [6.07, 6.45) is -3.41. The van der Waals surface area contributed by atoms with Gasteiger partial charge < -0.3 is 5.32 Å². The molecule has 2 unspecified atom stereocenters. The second-order valence-corrected chi connectivity index (χ2v) is 6.52. The molecule has 2 aliphatic rings. The van der Waals surface area contributed by atoms with Crippen molar-refractivity contribution in [1.29, 1.82) is 0 Å². The Morgan fingerprint density at radius 3 is 2.50 bits per heavy atom. The molecule has 0 saturated carbocycles. The first-order chi connectivity index (χ1) is 7.17. The third-order valence-corrected chi connectivity index (χ3v) is 4.74. The van der Waals surface area contributed by atoms with Crippen molar-refractivity contribution in [3.05, 3.63) is 0 Å². The molecule has 0 aromatic heterocycles. The molecule has 0 spiro atoms. The largest absolute Gasteiger partial charge is 0.397 e. The van der Waals surface area contributed by atoms with Crippen LogP contribution in [0.25, 0.3) is 0 Å². The number of hydrogen-bond donors (Lipinski definition) is 1. The van der Waals surface area contributed by atoms with Crippen molar-refractivity contribution in [2.75, 3.05) is 32.4 Å². The number of halogens is 3. The van der Waals surface area contributed by atoms with Crippen LogP contribution in [0.5, 0.6) is 0 Å². The van der Waals surface area contributed by atoms with Gasteiger partial charge in [0.25, 0.3) is 0 Å². The third-order valence-electron chi connectivity index (χ3n) is 3.53. The molecule has 0 amide bonds. The molecule has 2 fully saturated rings. The van der Waals surface area contributed by atoms with Gasteiger partial charge in [0.2, 0.25) is 10.0 Å². The Morgan fingerprint density at radius 2 is 2.06 bits per heavy atom. The van der Waals surface area contributed by atoms with Crippen LogP contribution in [0.1, 0.15) is 0 Å². The summed E-state index contributed by atoms with van der Waals surface area (Å²) in [7, 11) is -3.54. The highest BCUT2D eigenvalue weighted by molar-refractivity contribution is 7.88. The fraction of sp³-hybridized carbons (Fsp3) is 1.00. The Bertz CT molecular complexity index is 395. The van der Waals surface area contributed by atoms with Crippen molar-refractivity contribution in [3.8, 4) is 0 Å². The minimum absolute atomic E-state index is 0.0364. The number of nitrogens with one attached hydrogen (secondary N) is 1. The van der Waals surface area contributed by atoms with Gasteiger partial charge in [-0.1, -0.05) is 0 Å². The molecule has 0 aliphatic carbocycles. The van der Waals surface area contributed by atoms with Crippen LogP contribution < -0.4 is 5.32 Å². The molecule has 16 heavy (non-hydrogen) atoms. The van der Waals surface area contributed by atoms with Crippen molar-refractivity contribution in [1.82, 2.24) is 9.62 Å². The summed E-state index contributed by atoms with van der Waals surface area (Å²) in [6, 6.07) is 0. The molecule has 4 nitrogen and oxygen atoms in total. The molecular weight excluding hydrogens is 245 g/mol. The van der Waals surface area contributed by atoms with Crippen molar-refractivity contribution < 1.29 is 21.6 Å². The Morgan fingerprint density at radius 1 is 1.44 bits per heavy atom. The van der Waals surface area contributed by atoms with Crippen molar-refractivity contribution in [3.63, 3.8) is 0 Å². The number of rotatable bonds is 1. The minimum Gasteiger partial charge on any atom is -0.315 e. The maximum Gasteiger partial charge on any atom is 0.397 e. The van der Waals surface area contributed by atoms with E-state index in [1.807, 2.05) is 0 Å². The van der Waals surface area contributed by atoms with Gasteiger partial charge in [0.1, 0.15) is 0 Å². The smallest absolute Gasteiger partial charge is 0.315 e. The highest BCUT2D eigenvalue weighted by Crippen LogP contribution is 2.51. The highest BCUT2D eigenvalue weighted by Gasteiger charge is 2.66. The molecule has 0 aromatic rings. The van der Waals surface area contributed by atoms with Crippen LogP contribution in [0, 0.1) is 11.3 Å². The normalized spacial score (nSPS) is 36.6. The summed E-state index contributed by atoms with van der Waals surface area (Å²) in [5.41, 5.74) is -1.89. The number of hydrogen-bond acceptors (Lipinski definition) is 3. The molecule has 94 valence electrons. The maximum absolute atomic E-state index is 13.0. The Balaban J connectivity index is 2.32. The zero-order chi connectivity index (χ0) is 12.2. The topological polar surface area (TPSA) is 49.4 Å². The summed E-state index contributed by atoms with van der Waals surface area (Å²) in [4.78, 5) is 0. The van der Waals surface area contributed by atoms with E-state index >= 15 is 0 Å². The average Bonchev–Trinajstić information content (AvgIpc) is 2.53. The van der Waals surface area contributed by atoms with E-state index in [-0.39, 0.29) is 19.6 Å². The molecule has 0 aromatic carbocycles. The Labute approximate surface area is 91.8 Å². The molecule has 2 saturated heterocycles. The zero-order valence-corrected chi connectivity index (χ0v) is 9.53. The van der Waals surface area contributed by atoms with Crippen LogP contribution in [0.15, 0.2) is 0 Å². The van der Waals surface area contributed by atoms with Crippen molar-refractivity contribution in [2.45, 2.75) is 6.18 Å². The van der Waals surface area contributed by atoms with Crippen LogP contribution in [-0.4, -0.2) is 51.3 Å². The number of sulfonamides is 1. The molecule has 0 bridgehead atoms. The quantitative estimate of drug-likeness (QED) is 0.722. The fourth-order valence-corrected chi connectivity index (χ4v) is 3.45. The molecular formula is C8H13F3N2O2S. The van der Waals surface area contributed by atoms with Gasteiger partial charge in [-0.2, -0.15) is 13.2 Å². The monoisotopic (exact) mass is 258 g/mol. The molecule has 0 radical (unpaired) electrons. The number of fused-ring (bicyclic) bond motifs is 1. The predicted molar refractivity (Wildman–Crippen MR) is 51.3 cm³/mol. The van der Waals surface area contributed by atoms with Gasteiger partial charge in [-0.25, -0.2) is 12.7 Å².